The molecule has 1 saturated heterocycles. The first-order valence-electron chi connectivity index (χ1n) is 10.8. The number of allylic oxidation sites excluding steroid dienone is 5. The number of nitrogens with one attached hydrogen (secondary N) is 3. The van der Waals surface area contributed by atoms with Crippen molar-refractivity contribution in [1.29, 1.82) is 0 Å². The highest BCUT2D eigenvalue weighted by Gasteiger charge is 2.51. The average Bonchev–Trinajstić information content (AvgIpc) is 3.39. The van der Waals surface area contributed by atoms with Crippen LogP contribution in [0.1, 0.15) is 36.5 Å². The summed E-state index contributed by atoms with van der Waals surface area (Å²) in [7, 11) is 0. The van der Waals surface area contributed by atoms with Crippen molar-refractivity contribution in [3.8, 4) is 0 Å². The highest BCUT2D eigenvalue weighted by Crippen LogP contribution is 2.41. The summed E-state index contributed by atoms with van der Waals surface area (Å²) < 4.78 is 0. The van der Waals surface area contributed by atoms with Crippen LogP contribution in [0.4, 0.5) is 0 Å². The lowest BCUT2D eigenvalue weighted by atomic mass is 9.91. The zero-order chi connectivity index (χ0) is 20.0. The second-order valence-corrected chi connectivity index (χ2v) is 8.97. The van der Waals surface area contributed by atoms with Crippen LogP contribution in [-0.4, -0.2) is 30.2 Å². The fourth-order valence-corrected chi connectivity index (χ4v) is 5.38. The van der Waals surface area contributed by atoms with Gasteiger partial charge in [0, 0.05) is 35.0 Å². The van der Waals surface area contributed by atoms with Crippen LogP contribution in [0, 0.1) is 17.8 Å². The Morgan fingerprint density at radius 2 is 1.72 bits per heavy atom. The van der Waals surface area contributed by atoms with E-state index in [2.05, 4.69) is 40.3 Å². The number of hydrogen-bond donors (Lipinski definition) is 4. The third kappa shape index (κ3) is 3.70. The molecule has 6 atom stereocenters. The summed E-state index contributed by atoms with van der Waals surface area (Å²) in [5.74, 6) is 1.75. The highest BCUT2D eigenvalue weighted by molar-refractivity contribution is 6.10. The first kappa shape index (κ1) is 18.8. The maximum atomic E-state index is 13.2. The van der Waals surface area contributed by atoms with E-state index in [0.29, 0.717) is 41.1 Å². The van der Waals surface area contributed by atoms with E-state index in [1.807, 2.05) is 37.3 Å². The fraction of sp³-hybridized carbons (Fsp3) is 0.458. The molecule has 0 amide bonds. The Balaban J connectivity index is 1.30. The maximum absolute atomic E-state index is 13.2. The van der Waals surface area contributed by atoms with E-state index in [9.17, 15) is 4.79 Å². The second kappa shape index (κ2) is 7.56. The Labute approximate surface area is 172 Å². The van der Waals surface area contributed by atoms with Crippen LogP contribution in [0.5, 0.6) is 0 Å². The SMILES string of the molecule is CC(N)=C(C(=O)c1ccccc1)C1NC(NC2CC3C=CC=CC3C2)NC2CC21. The summed E-state index contributed by atoms with van der Waals surface area (Å²) >= 11 is 0. The summed E-state index contributed by atoms with van der Waals surface area (Å²) in [4.78, 5) is 13.2. The van der Waals surface area contributed by atoms with Gasteiger partial charge < -0.3 is 5.73 Å². The van der Waals surface area contributed by atoms with E-state index >= 15 is 0 Å². The molecule has 0 radical (unpaired) electrons. The van der Waals surface area contributed by atoms with E-state index < -0.39 is 0 Å². The largest absolute Gasteiger partial charge is 0.402 e. The lowest BCUT2D eigenvalue weighted by Crippen LogP contribution is -2.64. The monoisotopic (exact) mass is 390 g/mol. The molecule has 1 aliphatic heterocycles. The molecule has 1 aromatic rings. The molecule has 5 rings (SSSR count). The van der Waals surface area contributed by atoms with Crippen LogP contribution in [0.2, 0.25) is 0 Å². The molecule has 0 bridgehead atoms. The normalized spacial score (nSPS) is 38.2. The van der Waals surface area contributed by atoms with Gasteiger partial charge in [-0.3, -0.25) is 20.7 Å². The van der Waals surface area contributed by atoms with Crippen LogP contribution >= 0.6 is 0 Å². The van der Waals surface area contributed by atoms with Crippen molar-refractivity contribution in [2.75, 3.05) is 0 Å². The molecule has 2 saturated carbocycles. The fourth-order valence-electron chi connectivity index (χ4n) is 5.38. The zero-order valence-electron chi connectivity index (χ0n) is 16.8. The third-order valence-corrected chi connectivity index (χ3v) is 6.90. The molecule has 0 spiro atoms. The van der Waals surface area contributed by atoms with Crippen LogP contribution in [-0.2, 0) is 0 Å². The van der Waals surface area contributed by atoms with Gasteiger partial charge in [-0.2, -0.15) is 0 Å². The first-order valence-corrected chi connectivity index (χ1v) is 10.8. The predicted molar refractivity (Wildman–Crippen MR) is 115 cm³/mol. The van der Waals surface area contributed by atoms with Crippen LogP contribution in [0.25, 0.3) is 0 Å². The van der Waals surface area contributed by atoms with Crippen molar-refractivity contribution in [2.24, 2.45) is 23.5 Å². The Morgan fingerprint density at radius 1 is 1.03 bits per heavy atom. The van der Waals surface area contributed by atoms with Gasteiger partial charge in [0.25, 0.3) is 0 Å². The number of ketones is 1. The van der Waals surface area contributed by atoms with E-state index in [1.165, 1.54) is 0 Å². The topological polar surface area (TPSA) is 79.2 Å². The lowest BCUT2D eigenvalue weighted by Gasteiger charge is -2.35. The molecule has 5 N–H and O–H groups in total. The summed E-state index contributed by atoms with van der Waals surface area (Å²) in [6.07, 6.45) is 12.4. The maximum Gasteiger partial charge on any atom is 0.192 e. The lowest BCUT2D eigenvalue weighted by molar-refractivity contribution is 0.101. The number of carbonyl (C=O) groups excluding carboxylic acids is 1. The van der Waals surface area contributed by atoms with Gasteiger partial charge >= 0.3 is 0 Å². The molecule has 5 nitrogen and oxygen atoms in total. The Bertz CT molecular complexity index is 850. The minimum Gasteiger partial charge on any atom is -0.402 e. The number of rotatable bonds is 5. The second-order valence-electron chi connectivity index (χ2n) is 8.97. The molecule has 29 heavy (non-hydrogen) atoms. The number of hydrogen-bond acceptors (Lipinski definition) is 5. The smallest absolute Gasteiger partial charge is 0.192 e. The minimum absolute atomic E-state index is 0.000199. The molecular weight excluding hydrogens is 360 g/mol. The summed E-state index contributed by atoms with van der Waals surface area (Å²) in [6.45, 7) is 1.85. The third-order valence-electron chi connectivity index (χ3n) is 6.90. The predicted octanol–water partition coefficient (Wildman–Crippen LogP) is 2.45. The van der Waals surface area contributed by atoms with Crippen molar-refractivity contribution in [1.82, 2.24) is 16.0 Å². The van der Waals surface area contributed by atoms with E-state index in [4.69, 9.17) is 5.73 Å². The molecule has 6 unspecified atom stereocenters. The molecule has 1 aromatic carbocycles. The van der Waals surface area contributed by atoms with Gasteiger partial charge in [-0.1, -0.05) is 54.6 Å². The molecular formula is C24H30N4O. The molecule has 3 aliphatic carbocycles. The van der Waals surface area contributed by atoms with E-state index in [0.717, 1.165) is 24.8 Å². The molecule has 0 aromatic heterocycles. The van der Waals surface area contributed by atoms with Crippen molar-refractivity contribution >= 4 is 5.78 Å². The van der Waals surface area contributed by atoms with Gasteiger partial charge in [0.1, 0.15) is 6.29 Å². The number of carbonyl (C=O) groups is 1. The van der Waals surface area contributed by atoms with Gasteiger partial charge in [-0.15, -0.1) is 0 Å². The van der Waals surface area contributed by atoms with Gasteiger partial charge in [0.15, 0.2) is 5.78 Å². The average molecular weight is 391 g/mol. The molecule has 1 heterocycles. The van der Waals surface area contributed by atoms with Gasteiger partial charge in [0.05, 0.1) is 0 Å². The number of benzene rings is 1. The standard InChI is InChI=1S/C24H30N4O/c1-14(25)21(23(29)15-7-3-2-4-8-15)22-19-13-20(19)27-24(28-22)26-18-11-16-9-5-6-10-17(16)12-18/h2-10,16-20,22,24,26-28H,11-13,25H2,1H3. The van der Waals surface area contributed by atoms with Crippen LogP contribution < -0.4 is 21.7 Å². The quantitative estimate of drug-likeness (QED) is 0.459. The first-order chi connectivity index (χ1) is 14.1. The zero-order valence-corrected chi connectivity index (χ0v) is 16.8. The molecule has 5 heteroatoms. The molecule has 4 aliphatic rings. The molecule has 152 valence electrons. The van der Waals surface area contributed by atoms with Crippen molar-refractivity contribution in [2.45, 2.75) is 50.6 Å². The van der Waals surface area contributed by atoms with Crippen molar-refractivity contribution < 1.29 is 4.79 Å². The Hall–Kier alpha value is -2.21. The summed E-state index contributed by atoms with van der Waals surface area (Å²) in [5.41, 5.74) is 8.28. The number of nitrogens with two attached hydrogens (primary N) is 1. The van der Waals surface area contributed by atoms with Crippen LogP contribution in [0.15, 0.2) is 65.9 Å². The summed E-state index contributed by atoms with van der Waals surface area (Å²) in [5, 5.41) is 11.1. The minimum atomic E-state index is -0.0140. The Kier molecular flexibility index (Phi) is 4.90. The summed E-state index contributed by atoms with van der Waals surface area (Å²) in [6, 6.07) is 10.4. The van der Waals surface area contributed by atoms with E-state index in [-0.39, 0.29) is 18.1 Å². The highest BCUT2D eigenvalue weighted by atomic mass is 16.1. The Morgan fingerprint density at radius 3 is 2.38 bits per heavy atom. The van der Waals surface area contributed by atoms with Crippen molar-refractivity contribution in [3.63, 3.8) is 0 Å². The van der Waals surface area contributed by atoms with Gasteiger partial charge in [-0.25, -0.2) is 0 Å². The van der Waals surface area contributed by atoms with E-state index in [1.54, 1.807) is 0 Å². The number of Topliss-reactive ketones (excluding diaryl/α,β-unsaturated/α-hetero) is 1. The number of fused-ring (bicyclic) bond motifs is 2. The van der Waals surface area contributed by atoms with Crippen LogP contribution in [0.3, 0.4) is 0 Å². The van der Waals surface area contributed by atoms with Gasteiger partial charge in [-0.05, 0) is 43.9 Å². The van der Waals surface area contributed by atoms with Crippen molar-refractivity contribution in [3.05, 3.63) is 71.5 Å². The van der Waals surface area contributed by atoms with Gasteiger partial charge in [0.2, 0.25) is 0 Å². The molecule has 3 fully saturated rings.